The summed E-state index contributed by atoms with van der Waals surface area (Å²) in [6, 6.07) is 3.05. The monoisotopic (exact) mass is 318 g/mol. The van der Waals surface area contributed by atoms with Crippen LogP contribution in [0.25, 0.3) is 5.69 Å². The van der Waals surface area contributed by atoms with Crippen molar-refractivity contribution < 1.29 is 4.39 Å². The van der Waals surface area contributed by atoms with E-state index in [1.54, 1.807) is 13.0 Å². The maximum Gasteiger partial charge on any atom is 0.174 e. The summed E-state index contributed by atoms with van der Waals surface area (Å²) < 4.78 is 15.4. The molecule has 90 valence electrons. The van der Waals surface area contributed by atoms with Gasteiger partial charge in [0.15, 0.2) is 5.82 Å². The highest BCUT2D eigenvalue weighted by Gasteiger charge is 2.16. The van der Waals surface area contributed by atoms with Gasteiger partial charge in [0, 0.05) is 6.07 Å². The number of hydrogen-bond acceptors (Lipinski definition) is 3. The van der Waals surface area contributed by atoms with Gasteiger partial charge in [-0.25, -0.2) is 4.39 Å². The van der Waals surface area contributed by atoms with E-state index in [2.05, 4.69) is 31.5 Å². The number of rotatable bonds is 2. The lowest BCUT2D eigenvalue weighted by Gasteiger charge is -2.09. The molecule has 1 unspecified atom stereocenters. The summed E-state index contributed by atoms with van der Waals surface area (Å²) in [7, 11) is 0. The number of aryl methyl sites for hydroxylation is 1. The highest BCUT2D eigenvalue weighted by molar-refractivity contribution is 9.10. The molecule has 1 heterocycles. The topological polar surface area (TPSA) is 43.6 Å². The fraction of sp³-hybridized carbons (Fsp3) is 0.300. The molecule has 0 bridgehead atoms. The van der Waals surface area contributed by atoms with E-state index in [0.29, 0.717) is 16.0 Å². The number of tetrazole rings is 1. The Morgan fingerprint density at radius 3 is 2.82 bits per heavy atom. The minimum absolute atomic E-state index is 0.351. The van der Waals surface area contributed by atoms with Gasteiger partial charge in [0.25, 0.3) is 0 Å². The number of nitrogens with zero attached hydrogens (tertiary/aromatic N) is 4. The standard InChI is InChI=1S/C10H9BrClFN4/c1-5-3-7(11)8(13)4-9(5)17-10(6(2)12)14-15-16-17/h3-4,6H,1-2H3. The van der Waals surface area contributed by atoms with Crippen molar-refractivity contribution >= 4 is 27.5 Å². The van der Waals surface area contributed by atoms with Crippen LogP contribution < -0.4 is 0 Å². The first kappa shape index (κ1) is 12.4. The molecule has 17 heavy (non-hydrogen) atoms. The van der Waals surface area contributed by atoms with Gasteiger partial charge >= 0.3 is 0 Å². The molecule has 1 aromatic heterocycles. The molecular weight excluding hydrogens is 310 g/mol. The Morgan fingerprint density at radius 2 is 2.18 bits per heavy atom. The molecule has 0 aliphatic heterocycles. The van der Waals surface area contributed by atoms with Gasteiger partial charge in [-0.2, -0.15) is 4.68 Å². The van der Waals surface area contributed by atoms with Crippen LogP contribution in [0, 0.1) is 12.7 Å². The molecule has 7 heteroatoms. The maximum atomic E-state index is 13.5. The first-order valence-electron chi connectivity index (χ1n) is 4.89. The van der Waals surface area contributed by atoms with Crippen molar-refractivity contribution in [3.63, 3.8) is 0 Å². The van der Waals surface area contributed by atoms with Gasteiger partial charge in [-0.15, -0.1) is 16.7 Å². The third-order valence-electron chi connectivity index (χ3n) is 2.32. The first-order chi connectivity index (χ1) is 8.00. The van der Waals surface area contributed by atoms with Gasteiger partial charge in [-0.3, -0.25) is 0 Å². The Hall–Kier alpha value is -1.01. The largest absolute Gasteiger partial charge is 0.206 e. The molecule has 0 saturated heterocycles. The van der Waals surface area contributed by atoms with Crippen molar-refractivity contribution in [1.29, 1.82) is 0 Å². The quantitative estimate of drug-likeness (QED) is 0.799. The Labute approximate surface area is 111 Å². The van der Waals surface area contributed by atoms with Gasteiger partial charge < -0.3 is 0 Å². The zero-order valence-corrected chi connectivity index (χ0v) is 11.5. The lowest BCUT2D eigenvalue weighted by atomic mass is 10.2. The molecular formula is C10H9BrClFN4. The van der Waals surface area contributed by atoms with Gasteiger partial charge in [-0.1, -0.05) is 0 Å². The normalized spacial score (nSPS) is 12.8. The van der Waals surface area contributed by atoms with Crippen molar-refractivity contribution in [3.05, 3.63) is 33.8 Å². The maximum absolute atomic E-state index is 13.5. The van der Waals surface area contributed by atoms with E-state index in [0.717, 1.165) is 5.56 Å². The van der Waals surface area contributed by atoms with E-state index in [9.17, 15) is 4.39 Å². The minimum Gasteiger partial charge on any atom is -0.206 e. The Kier molecular flexibility index (Phi) is 3.44. The van der Waals surface area contributed by atoms with Crippen LogP contribution in [0.5, 0.6) is 0 Å². The summed E-state index contributed by atoms with van der Waals surface area (Å²) >= 11 is 9.09. The van der Waals surface area contributed by atoms with Gasteiger partial charge in [0.2, 0.25) is 0 Å². The van der Waals surface area contributed by atoms with Crippen molar-refractivity contribution in [2.24, 2.45) is 0 Å². The second kappa shape index (κ2) is 4.70. The van der Waals surface area contributed by atoms with Crippen LogP contribution in [-0.4, -0.2) is 20.2 Å². The summed E-state index contributed by atoms with van der Waals surface area (Å²) in [6.07, 6.45) is 0. The van der Waals surface area contributed by atoms with Crippen LogP contribution in [0.3, 0.4) is 0 Å². The summed E-state index contributed by atoms with van der Waals surface area (Å²) in [5.74, 6) is 0.116. The second-order valence-corrected chi connectivity index (χ2v) is 5.13. The molecule has 2 aromatic rings. The van der Waals surface area contributed by atoms with Crippen molar-refractivity contribution in [3.8, 4) is 5.69 Å². The zero-order valence-electron chi connectivity index (χ0n) is 9.15. The van der Waals surface area contributed by atoms with E-state index < -0.39 is 0 Å². The molecule has 2 rings (SSSR count). The van der Waals surface area contributed by atoms with Crippen LogP contribution in [0.15, 0.2) is 16.6 Å². The zero-order chi connectivity index (χ0) is 12.6. The molecule has 0 spiro atoms. The van der Waals surface area contributed by atoms with E-state index in [1.165, 1.54) is 10.7 Å². The van der Waals surface area contributed by atoms with Crippen LogP contribution in [0.1, 0.15) is 23.7 Å². The molecule has 0 saturated carbocycles. The van der Waals surface area contributed by atoms with Gasteiger partial charge in [0.1, 0.15) is 5.82 Å². The summed E-state index contributed by atoms with van der Waals surface area (Å²) in [4.78, 5) is 0. The second-order valence-electron chi connectivity index (χ2n) is 3.62. The number of hydrogen-bond donors (Lipinski definition) is 0. The highest BCUT2D eigenvalue weighted by atomic mass is 79.9. The van der Waals surface area contributed by atoms with E-state index in [1.807, 2.05) is 6.92 Å². The molecule has 0 fully saturated rings. The lowest BCUT2D eigenvalue weighted by molar-refractivity contribution is 0.616. The average molecular weight is 320 g/mol. The first-order valence-corrected chi connectivity index (χ1v) is 6.12. The number of benzene rings is 1. The Morgan fingerprint density at radius 1 is 1.47 bits per heavy atom. The molecule has 4 nitrogen and oxygen atoms in total. The molecule has 0 N–H and O–H groups in total. The smallest absolute Gasteiger partial charge is 0.174 e. The number of halogens is 3. The van der Waals surface area contributed by atoms with Crippen molar-refractivity contribution in [1.82, 2.24) is 20.2 Å². The van der Waals surface area contributed by atoms with Crippen LogP contribution >= 0.6 is 27.5 Å². The summed E-state index contributed by atoms with van der Waals surface area (Å²) in [5, 5.41) is 10.9. The predicted octanol–water partition coefficient (Wildman–Crippen LogP) is 3.17. The van der Waals surface area contributed by atoms with Crippen LogP contribution in [0.2, 0.25) is 0 Å². The molecule has 1 atom stereocenters. The number of alkyl halides is 1. The van der Waals surface area contributed by atoms with Gasteiger partial charge in [0.05, 0.1) is 15.5 Å². The van der Waals surface area contributed by atoms with Crippen molar-refractivity contribution in [2.45, 2.75) is 19.2 Å². The summed E-state index contributed by atoms with van der Waals surface area (Å²) in [5.41, 5.74) is 1.43. The molecule has 0 aliphatic rings. The SMILES string of the molecule is Cc1cc(Br)c(F)cc1-n1nnnc1C(C)Cl. The lowest BCUT2D eigenvalue weighted by Crippen LogP contribution is -2.06. The van der Waals surface area contributed by atoms with E-state index in [4.69, 9.17) is 11.6 Å². The minimum atomic E-state index is -0.366. The Bertz CT molecular complexity index is 555. The fourth-order valence-electron chi connectivity index (χ4n) is 1.48. The highest BCUT2D eigenvalue weighted by Crippen LogP contribution is 2.25. The molecule has 0 radical (unpaired) electrons. The molecule has 0 aliphatic carbocycles. The number of aromatic nitrogens is 4. The van der Waals surface area contributed by atoms with Crippen LogP contribution in [-0.2, 0) is 0 Å². The Balaban J connectivity index is 2.60. The predicted molar refractivity (Wildman–Crippen MR) is 65.8 cm³/mol. The third-order valence-corrected chi connectivity index (χ3v) is 3.12. The average Bonchev–Trinajstić information content (AvgIpc) is 2.72. The fourth-order valence-corrected chi connectivity index (χ4v) is 2.07. The van der Waals surface area contributed by atoms with Crippen LogP contribution in [0.4, 0.5) is 4.39 Å². The molecule has 0 amide bonds. The van der Waals surface area contributed by atoms with E-state index >= 15 is 0 Å². The van der Waals surface area contributed by atoms with E-state index in [-0.39, 0.29) is 11.2 Å². The third kappa shape index (κ3) is 2.32. The summed E-state index contributed by atoms with van der Waals surface area (Å²) in [6.45, 7) is 3.61. The van der Waals surface area contributed by atoms with Gasteiger partial charge in [-0.05, 0) is 51.8 Å². The van der Waals surface area contributed by atoms with Crippen molar-refractivity contribution in [2.75, 3.05) is 0 Å². The molecule has 1 aromatic carbocycles.